The Hall–Kier alpha value is -2.37. The average Bonchev–Trinajstić information content (AvgIpc) is 2.43. The van der Waals surface area contributed by atoms with Gasteiger partial charge in [0.1, 0.15) is 12.3 Å². The molecule has 1 aliphatic heterocycles. The molecule has 0 radical (unpaired) electrons. The number of rotatable bonds is 5. The van der Waals surface area contributed by atoms with Crippen molar-refractivity contribution in [2.45, 2.75) is 13.0 Å². The van der Waals surface area contributed by atoms with Gasteiger partial charge in [0.05, 0.1) is 6.61 Å². The maximum atomic E-state index is 11.7. The quantitative estimate of drug-likeness (QED) is 0.436. The first-order chi connectivity index (χ1) is 9.13. The van der Waals surface area contributed by atoms with Crippen LogP contribution in [0.5, 0.6) is 5.75 Å². The second kappa shape index (κ2) is 5.51. The number of hydrogen-bond donors (Lipinski definition) is 0. The molecule has 0 N–H and O–H groups in total. The zero-order chi connectivity index (χ0) is 13.8. The van der Waals surface area contributed by atoms with E-state index in [9.17, 15) is 14.4 Å². The van der Waals surface area contributed by atoms with E-state index in [1.165, 1.54) is 0 Å². The zero-order valence-corrected chi connectivity index (χ0v) is 10.4. The molecule has 6 nitrogen and oxygen atoms in total. The first kappa shape index (κ1) is 13.1. The van der Waals surface area contributed by atoms with Crippen LogP contribution in [0, 0.1) is 0 Å². The number of ether oxygens (including phenoxy) is 2. The minimum atomic E-state index is -1.16. The summed E-state index contributed by atoms with van der Waals surface area (Å²) in [5.74, 6) is -1.23. The van der Waals surface area contributed by atoms with Crippen LogP contribution in [0.3, 0.4) is 0 Å². The molecule has 1 aromatic carbocycles. The first-order valence-electron chi connectivity index (χ1n) is 5.86. The lowest BCUT2D eigenvalue weighted by atomic mass is 10.1. The minimum Gasteiger partial charge on any atom is -0.471 e. The van der Waals surface area contributed by atoms with Gasteiger partial charge in [-0.15, -0.1) is 0 Å². The lowest BCUT2D eigenvalue weighted by Gasteiger charge is -2.34. The number of likely N-dealkylation sites (tertiary alicyclic amines) is 1. The molecule has 2 rings (SSSR count). The van der Waals surface area contributed by atoms with Crippen LogP contribution in [0.15, 0.2) is 30.3 Å². The summed E-state index contributed by atoms with van der Waals surface area (Å²) in [6.07, 6.45) is -1.16. The lowest BCUT2D eigenvalue weighted by Crippen LogP contribution is -2.65. The molecule has 19 heavy (non-hydrogen) atoms. The number of imide groups is 1. The summed E-state index contributed by atoms with van der Waals surface area (Å²) in [5, 5.41) is 0. The molecule has 0 unspecified atom stereocenters. The van der Waals surface area contributed by atoms with E-state index in [2.05, 4.69) is 4.74 Å². The van der Waals surface area contributed by atoms with Crippen molar-refractivity contribution in [2.24, 2.45) is 0 Å². The first-order valence-corrected chi connectivity index (χ1v) is 5.86. The Labute approximate surface area is 109 Å². The van der Waals surface area contributed by atoms with Crippen molar-refractivity contribution in [3.63, 3.8) is 0 Å². The van der Waals surface area contributed by atoms with Crippen LogP contribution >= 0.6 is 0 Å². The highest BCUT2D eigenvalue weighted by atomic mass is 16.5. The maximum absolute atomic E-state index is 11.7. The molecule has 1 aromatic rings. The number of carbonyl (C=O) groups is 3. The van der Waals surface area contributed by atoms with Crippen LogP contribution < -0.4 is 4.74 Å². The molecule has 6 heteroatoms. The Morgan fingerprint density at radius 1 is 1.21 bits per heavy atom. The number of carbonyl (C=O) groups excluding carboxylic acids is 3. The fraction of sp³-hybridized carbons (Fsp3) is 0.308. The number of benzene rings is 1. The van der Waals surface area contributed by atoms with Gasteiger partial charge in [0.25, 0.3) is 17.9 Å². The van der Waals surface area contributed by atoms with Crippen molar-refractivity contribution < 1.29 is 23.9 Å². The van der Waals surface area contributed by atoms with Gasteiger partial charge < -0.3 is 9.47 Å². The van der Waals surface area contributed by atoms with E-state index in [0.717, 1.165) is 4.90 Å². The van der Waals surface area contributed by atoms with E-state index in [-0.39, 0.29) is 13.2 Å². The Kier molecular flexibility index (Phi) is 3.79. The van der Waals surface area contributed by atoms with Gasteiger partial charge >= 0.3 is 5.97 Å². The van der Waals surface area contributed by atoms with Gasteiger partial charge in [-0.25, -0.2) is 0 Å². The Balaban J connectivity index is 1.92. The Morgan fingerprint density at radius 2 is 1.84 bits per heavy atom. The van der Waals surface area contributed by atoms with Crippen LogP contribution in [-0.4, -0.2) is 41.9 Å². The van der Waals surface area contributed by atoms with Crippen molar-refractivity contribution in [3.05, 3.63) is 30.3 Å². The predicted molar refractivity (Wildman–Crippen MR) is 64.2 cm³/mol. The highest BCUT2D eigenvalue weighted by molar-refractivity contribution is 6.21. The van der Waals surface area contributed by atoms with Crippen LogP contribution in [0.2, 0.25) is 0 Å². The number of amides is 2. The van der Waals surface area contributed by atoms with E-state index in [1.807, 2.05) is 0 Å². The monoisotopic (exact) mass is 263 g/mol. The third kappa shape index (κ3) is 2.73. The smallest absolute Gasteiger partial charge is 0.326 e. The summed E-state index contributed by atoms with van der Waals surface area (Å²) in [5.41, 5.74) is 0. The molecule has 0 saturated carbocycles. The number of β-lactam (4-membered cyclic amide) rings is 2. The standard InChI is InChI=1S/C13H13NO5/c1-2-18-10(15)8-14-12(16)11(13(14)17)19-9-6-4-3-5-7-9/h3-7,11H,2,8H2,1H3. The van der Waals surface area contributed by atoms with Crippen molar-refractivity contribution in [1.82, 2.24) is 4.90 Å². The summed E-state index contributed by atoms with van der Waals surface area (Å²) >= 11 is 0. The Morgan fingerprint density at radius 3 is 2.42 bits per heavy atom. The van der Waals surface area contributed by atoms with Gasteiger partial charge in [-0.3, -0.25) is 19.3 Å². The van der Waals surface area contributed by atoms with E-state index < -0.39 is 23.9 Å². The molecule has 1 heterocycles. The molecular weight excluding hydrogens is 250 g/mol. The van der Waals surface area contributed by atoms with E-state index in [0.29, 0.717) is 5.75 Å². The summed E-state index contributed by atoms with van der Waals surface area (Å²) in [6.45, 7) is 1.50. The predicted octanol–water partition coefficient (Wildman–Crippen LogP) is 0.366. The van der Waals surface area contributed by atoms with Gasteiger partial charge in [-0.05, 0) is 19.1 Å². The summed E-state index contributed by atoms with van der Waals surface area (Å²) in [6, 6.07) is 8.56. The third-order valence-electron chi connectivity index (χ3n) is 2.57. The molecule has 100 valence electrons. The third-order valence-corrected chi connectivity index (χ3v) is 2.57. The second-order valence-electron chi connectivity index (χ2n) is 3.88. The largest absolute Gasteiger partial charge is 0.471 e. The fourth-order valence-corrected chi connectivity index (χ4v) is 1.66. The van der Waals surface area contributed by atoms with Gasteiger partial charge in [0, 0.05) is 0 Å². The normalized spacial score (nSPS) is 15.1. The number of nitrogens with zero attached hydrogens (tertiary/aromatic N) is 1. The second-order valence-corrected chi connectivity index (χ2v) is 3.88. The van der Waals surface area contributed by atoms with Crippen LogP contribution in [0.1, 0.15) is 6.92 Å². The summed E-state index contributed by atoms with van der Waals surface area (Å²) in [7, 11) is 0. The van der Waals surface area contributed by atoms with Gasteiger partial charge in [-0.2, -0.15) is 0 Å². The van der Waals surface area contributed by atoms with Crippen molar-refractivity contribution in [2.75, 3.05) is 13.2 Å². The average molecular weight is 263 g/mol. The summed E-state index contributed by atoms with van der Waals surface area (Å²) in [4.78, 5) is 35.4. The van der Waals surface area contributed by atoms with Crippen molar-refractivity contribution in [3.8, 4) is 5.75 Å². The molecule has 2 amide bonds. The van der Waals surface area contributed by atoms with Crippen LogP contribution in [-0.2, 0) is 19.1 Å². The highest BCUT2D eigenvalue weighted by Crippen LogP contribution is 2.20. The fourth-order valence-electron chi connectivity index (χ4n) is 1.66. The number of esters is 1. The minimum absolute atomic E-state index is 0.207. The van der Waals surface area contributed by atoms with E-state index in [4.69, 9.17) is 4.74 Å². The van der Waals surface area contributed by atoms with Gasteiger partial charge in [0.15, 0.2) is 0 Å². The topological polar surface area (TPSA) is 72.9 Å². The van der Waals surface area contributed by atoms with Crippen molar-refractivity contribution in [1.29, 1.82) is 0 Å². The number of hydrogen-bond acceptors (Lipinski definition) is 5. The number of para-hydroxylation sites is 1. The van der Waals surface area contributed by atoms with Crippen molar-refractivity contribution >= 4 is 17.8 Å². The molecule has 0 aliphatic carbocycles. The molecule has 1 fully saturated rings. The van der Waals surface area contributed by atoms with E-state index >= 15 is 0 Å². The summed E-state index contributed by atoms with van der Waals surface area (Å²) < 4.78 is 9.93. The molecule has 0 spiro atoms. The SMILES string of the molecule is CCOC(=O)CN1C(=O)C(Oc2ccccc2)C1=O. The molecule has 1 aliphatic rings. The molecular formula is C13H13NO5. The van der Waals surface area contributed by atoms with E-state index in [1.54, 1.807) is 37.3 Å². The van der Waals surface area contributed by atoms with Crippen LogP contribution in [0.25, 0.3) is 0 Å². The lowest BCUT2D eigenvalue weighted by molar-refractivity contribution is -0.174. The van der Waals surface area contributed by atoms with Gasteiger partial charge in [0.2, 0.25) is 0 Å². The molecule has 1 saturated heterocycles. The molecule has 0 bridgehead atoms. The van der Waals surface area contributed by atoms with Gasteiger partial charge in [-0.1, -0.05) is 18.2 Å². The highest BCUT2D eigenvalue weighted by Gasteiger charge is 2.49. The molecule has 0 atom stereocenters. The maximum Gasteiger partial charge on any atom is 0.326 e. The Bertz CT molecular complexity index is 483. The molecule has 0 aromatic heterocycles. The van der Waals surface area contributed by atoms with Crippen LogP contribution in [0.4, 0.5) is 0 Å². The zero-order valence-electron chi connectivity index (χ0n) is 10.4.